The summed E-state index contributed by atoms with van der Waals surface area (Å²) in [6, 6.07) is 26.4. The van der Waals surface area contributed by atoms with Crippen LogP contribution in [0.25, 0.3) is 0 Å². The van der Waals surface area contributed by atoms with Gasteiger partial charge in [0.25, 0.3) is 0 Å². The SMILES string of the molecule is CCOC(I)(CN(Cc1ccccc1)S(=O)(=O)c1ccc(C)cc1)c1ccccc1. The van der Waals surface area contributed by atoms with Gasteiger partial charge in [0.05, 0.1) is 11.4 Å². The lowest BCUT2D eigenvalue weighted by molar-refractivity contribution is 0.0320. The molecule has 0 fully saturated rings. The van der Waals surface area contributed by atoms with Crippen LogP contribution in [0.1, 0.15) is 23.6 Å². The Labute approximate surface area is 193 Å². The van der Waals surface area contributed by atoms with E-state index in [1.54, 1.807) is 12.1 Å². The fraction of sp³-hybridized carbons (Fsp3) is 0.250. The number of rotatable bonds is 9. The molecule has 3 rings (SSSR count). The summed E-state index contributed by atoms with van der Waals surface area (Å²) < 4.78 is 34.1. The van der Waals surface area contributed by atoms with Crippen molar-refractivity contribution in [2.24, 2.45) is 0 Å². The number of benzene rings is 3. The van der Waals surface area contributed by atoms with E-state index in [1.807, 2.05) is 86.6 Å². The van der Waals surface area contributed by atoms with Gasteiger partial charge in [-0.15, -0.1) is 0 Å². The number of nitrogens with zero attached hydrogens (tertiary/aromatic N) is 1. The first-order valence-electron chi connectivity index (χ1n) is 9.84. The second-order valence-corrected chi connectivity index (χ2v) is 10.8. The Morgan fingerprint density at radius 1 is 0.900 bits per heavy atom. The van der Waals surface area contributed by atoms with Crippen LogP contribution >= 0.6 is 22.6 Å². The molecule has 0 spiro atoms. The average Bonchev–Trinajstić information content (AvgIpc) is 2.75. The zero-order valence-corrected chi connectivity index (χ0v) is 20.1. The van der Waals surface area contributed by atoms with Gasteiger partial charge in [0.2, 0.25) is 10.0 Å². The molecule has 30 heavy (non-hydrogen) atoms. The molecule has 0 aliphatic rings. The Kier molecular flexibility index (Phi) is 7.68. The highest BCUT2D eigenvalue weighted by Crippen LogP contribution is 2.36. The number of aryl methyl sites for hydroxylation is 1. The van der Waals surface area contributed by atoms with Gasteiger partial charge in [-0.3, -0.25) is 0 Å². The van der Waals surface area contributed by atoms with E-state index in [-0.39, 0.29) is 18.0 Å². The minimum absolute atomic E-state index is 0.191. The van der Waals surface area contributed by atoms with E-state index in [0.29, 0.717) is 6.61 Å². The summed E-state index contributed by atoms with van der Waals surface area (Å²) in [6.45, 7) is 4.80. The van der Waals surface area contributed by atoms with Crippen molar-refractivity contribution in [3.63, 3.8) is 0 Å². The highest BCUT2D eigenvalue weighted by Gasteiger charge is 2.37. The monoisotopic (exact) mass is 535 g/mol. The van der Waals surface area contributed by atoms with E-state index in [9.17, 15) is 8.42 Å². The van der Waals surface area contributed by atoms with Crippen LogP contribution in [0.4, 0.5) is 0 Å². The van der Waals surface area contributed by atoms with Crippen LogP contribution in [0.2, 0.25) is 0 Å². The Morgan fingerprint density at radius 2 is 1.47 bits per heavy atom. The van der Waals surface area contributed by atoms with Crippen molar-refractivity contribution in [2.45, 2.75) is 28.9 Å². The number of halogens is 1. The van der Waals surface area contributed by atoms with Crippen molar-refractivity contribution >= 4 is 32.6 Å². The second-order valence-electron chi connectivity index (χ2n) is 7.10. The third kappa shape index (κ3) is 5.49. The number of alkyl halides is 1. The molecule has 3 aromatic rings. The van der Waals surface area contributed by atoms with E-state index < -0.39 is 13.6 Å². The van der Waals surface area contributed by atoms with Gasteiger partial charge in [0.1, 0.15) is 0 Å². The third-order valence-electron chi connectivity index (χ3n) is 4.82. The highest BCUT2D eigenvalue weighted by molar-refractivity contribution is 14.1. The van der Waals surface area contributed by atoms with Gasteiger partial charge in [0, 0.05) is 13.2 Å². The number of ether oxygens (including phenoxy) is 1. The van der Waals surface area contributed by atoms with Crippen LogP contribution in [-0.2, 0) is 24.9 Å². The molecular formula is C24H26INO3S. The minimum Gasteiger partial charge on any atom is -0.359 e. The van der Waals surface area contributed by atoms with E-state index in [0.717, 1.165) is 16.7 Å². The van der Waals surface area contributed by atoms with Gasteiger partial charge in [-0.1, -0.05) is 78.4 Å². The molecule has 158 valence electrons. The number of sulfonamides is 1. The molecule has 4 nitrogen and oxygen atoms in total. The van der Waals surface area contributed by atoms with Gasteiger partial charge in [-0.2, -0.15) is 4.31 Å². The standard InChI is InChI=1S/C24H26INO3S/c1-3-29-24(25,22-12-8-5-9-13-22)19-26(18-21-10-6-4-7-11-21)30(27,28)23-16-14-20(2)15-17-23/h4-17H,3,18-19H2,1-2H3. The van der Waals surface area contributed by atoms with E-state index in [4.69, 9.17) is 4.74 Å². The third-order valence-corrected chi connectivity index (χ3v) is 7.90. The van der Waals surface area contributed by atoms with Crippen molar-refractivity contribution in [3.05, 3.63) is 102 Å². The Bertz CT molecular complexity index is 1040. The summed E-state index contributed by atoms with van der Waals surface area (Å²) in [4.78, 5) is 0.285. The van der Waals surface area contributed by atoms with Crippen LogP contribution in [0.5, 0.6) is 0 Å². The maximum atomic E-state index is 13.6. The van der Waals surface area contributed by atoms with E-state index in [1.165, 1.54) is 4.31 Å². The topological polar surface area (TPSA) is 46.6 Å². The molecule has 1 unspecified atom stereocenters. The second kappa shape index (κ2) is 10.0. The van der Waals surface area contributed by atoms with Gasteiger partial charge >= 0.3 is 0 Å². The molecule has 0 radical (unpaired) electrons. The summed E-state index contributed by atoms with van der Waals surface area (Å²) in [7, 11) is -3.73. The molecule has 1 atom stereocenters. The van der Waals surface area contributed by atoms with Gasteiger partial charge in [-0.05, 0) is 59.7 Å². The van der Waals surface area contributed by atoms with Crippen LogP contribution in [0, 0.1) is 6.92 Å². The first-order chi connectivity index (χ1) is 14.3. The molecule has 0 amide bonds. The highest BCUT2D eigenvalue weighted by atomic mass is 127. The summed E-state index contributed by atoms with van der Waals surface area (Å²) in [5.41, 5.74) is 2.88. The Hall–Kier alpha value is -1.74. The Balaban J connectivity index is 2.03. The first kappa shape index (κ1) is 22.9. The van der Waals surface area contributed by atoms with Crippen LogP contribution in [0.3, 0.4) is 0 Å². The molecule has 0 N–H and O–H groups in total. The van der Waals surface area contributed by atoms with Crippen LogP contribution < -0.4 is 0 Å². The minimum atomic E-state index is -3.73. The van der Waals surface area contributed by atoms with E-state index >= 15 is 0 Å². The van der Waals surface area contributed by atoms with Crippen molar-refractivity contribution in [3.8, 4) is 0 Å². The molecule has 0 aliphatic heterocycles. The van der Waals surface area contributed by atoms with Crippen LogP contribution in [0.15, 0.2) is 89.8 Å². The van der Waals surface area contributed by atoms with Gasteiger partial charge in [-0.25, -0.2) is 8.42 Å². The van der Waals surface area contributed by atoms with Crippen molar-refractivity contribution in [1.82, 2.24) is 4.31 Å². The molecule has 0 saturated carbocycles. The summed E-state index contributed by atoms with van der Waals surface area (Å²) in [5.74, 6) is 0. The lowest BCUT2D eigenvalue weighted by Gasteiger charge is -2.34. The van der Waals surface area contributed by atoms with Gasteiger partial charge in [0.15, 0.2) is 3.61 Å². The fourth-order valence-corrected chi connectivity index (χ4v) is 6.00. The molecule has 0 heterocycles. The lowest BCUT2D eigenvalue weighted by atomic mass is 10.1. The number of hydrogen-bond donors (Lipinski definition) is 0. The molecule has 0 saturated heterocycles. The largest absolute Gasteiger partial charge is 0.359 e. The number of hydrogen-bond acceptors (Lipinski definition) is 3. The quantitative estimate of drug-likeness (QED) is 0.268. The molecular weight excluding hydrogens is 509 g/mol. The smallest absolute Gasteiger partial charge is 0.243 e. The summed E-state index contributed by atoms with van der Waals surface area (Å²) >= 11 is 2.23. The maximum Gasteiger partial charge on any atom is 0.243 e. The molecule has 0 bridgehead atoms. The Morgan fingerprint density at radius 3 is 2.03 bits per heavy atom. The van der Waals surface area contributed by atoms with Crippen molar-refractivity contribution in [1.29, 1.82) is 0 Å². The lowest BCUT2D eigenvalue weighted by Crippen LogP contribution is -2.41. The molecule has 3 aromatic carbocycles. The average molecular weight is 535 g/mol. The normalized spacial score (nSPS) is 13.9. The molecule has 6 heteroatoms. The summed E-state index contributed by atoms with van der Waals surface area (Å²) in [6.07, 6.45) is 0. The first-order valence-corrected chi connectivity index (χ1v) is 12.4. The van der Waals surface area contributed by atoms with Crippen molar-refractivity contribution < 1.29 is 13.2 Å². The van der Waals surface area contributed by atoms with Gasteiger partial charge < -0.3 is 4.74 Å². The fourth-order valence-electron chi connectivity index (χ4n) is 3.24. The zero-order valence-electron chi connectivity index (χ0n) is 17.2. The molecule has 0 aromatic heterocycles. The van der Waals surface area contributed by atoms with Crippen molar-refractivity contribution in [2.75, 3.05) is 13.2 Å². The predicted octanol–water partition coefficient (Wildman–Crippen LogP) is 5.51. The summed E-state index contributed by atoms with van der Waals surface area (Å²) in [5, 5.41) is 0. The zero-order chi connectivity index (χ0) is 21.6. The maximum absolute atomic E-state index is 13.6. The predicted molar refractivity (Wildman–Crippen MR) is 129 cm³/mol. The van der Waals surface area contributed by atoms with E-state index in [2.05, 4.69) is 22.6 Å². The molecule has 0 aliphatic carbocycles. The van der Waals surface area contributed by atoms with Crippen LogP contribution in [-0.4, -0.2) is 25.9 Å².